The number of hydrogen-bond donors (Lipinski definition) is 0. The lowest BCUT2D eigenvalue weighted by molar-refractivity contribution is 0.0988. The van der Waals surface area contributed by atoms with Gasteiger partial charge in [0.25, 0.3) is 5.91 Å². The number of nitrogens with zero attached hydrogens (tertiary/aromatic N) is 6. The summed E-state index contributed by atoms with van der Waals surface area (Å²) in [5.74, 6) is 0.961. The largest absolute Gasteiger partial charge is 0.378 e. The highest BCUT2D eigenvalue weighted by Gasteiger charge is 2.21. The molecule has 0 bridgehead atoms. The molecule has 0 N–H and O–H groups in total. The number of aryl methyl sites for hydroxylation is 1. The molecule has 0 spiro atoms. The Bertz CT molecular complexity index is 1370. The molecule has 1 amide bonds. The third kappa shape index (κ3) is 4.41. The first kappa shape index (κ1) is 23.1. The summed E-state index contributed by atoms with van der Waals surface area (Å²) in [6, 6.07) is 10.5. The van der Waals surface area contributed by atoms with E-state index >= 15 is 0 Å². The normalized spacial score (nSPS) is 14.5. The van der Waals surface area contributed by atoms with Crippen LogP contribution in [-0.2, 0) is 10.3 Å². The first-order chi connectivity index (χ1) is 16.7. The van der Waals surface area contributed by atoms with Crippen molar-refractivity contribution >= 4 is 22.9 Å². The molecule has 4 heterocycles. The average Bonchev–Trinajstić information content (AvgIpc) is 3.53. The molecule has 4 aromatic rings. The molecule has 1 aliphatic rings. The molecule has 1 saturated heterocycles. The van der Waals surface area contributed by atoms with Crippen LogP contribution in [0.4, 0.5) is 11.5 Å². The molecule has 1 aliphatic heterocycles. The monoisotopic (exact) mass is 472 g/mol. The van der Waals surface area contributed by atoms with Crippen LogP contribution < -0.4 is 9.80 Å². The number of carbonyl (C=O) groups excluding carboxylic acids is 1. The van der Waals surface area contributed by atoms with Gasteiger partial charge in [-0.25, -0.2) is 9.97 Å². The fourth-order valence-electron chi connectivity index (χ4n) is 4.42. The number of aromatic nitrogens is 4. The number of rotatable bonds is 4. The fraction of sp³-hybridized carbons (Fsp3) is 0.370. The van der Waals surface area contributed by atoms with Crippen LogP contribution in [0.15, 0.2) is 55.4 Å². The van der Waals surface area contributed by atoms with Gasteiger partial charge in [0.2, 0.25) is 0 Å². The number of benzene rings is 1. The van der Waals surface area contributed by atoms with E-state index in [1.54, 1.807) is 18.3 Å². The van der Waals surface area contributed by atoms with Gasteiger partial charge in [0.1, 0.15) is 17.8 Å². The summed E-state index contributed by atoms with van der Waals surface area (Å²) in [6.07, 6.45) is 7.27. The number of hydrogen-bond acceptors (Lipinski definition) is 5. The van der Waals surface area contributed by atoms with Gasteiger partial charge in [-0.2, -0.15) is 0 Å². The summed E-state index contributed by atoms with van der Waals surface area (Å²) in [7, 11) is 1.80. The van der Waals surface area contributed by atoms with Crippen molar-refractivity contribution < 1.29 is 9.53 Å². The number of ether oxygens (including phenoxy) is 1. The Morgan fingerprint density at radius 2 is 1.86 bits per heavy atom. The molecule has 0 unspecified atom stereocenters. The molecular weight excluding hydrogens is 440 g/mol. The molecule has 0 saturated carbocycles. The van der Waals surface area contributed by atoms with Gasteiger partial charge in [0.15, 0.2) is 0 Å². The predicted molar refractivity (Wildman–Crippen MR) is 138 cm³/mol. The number of imidazole rings is 2. The minimum absolute atomic E-state index is 0.133. The topological polar surface area (TPSA) is 67.9 Å². The molecular formula is C27H32N6O2. The van der Waals surface area contributed by atoms with Gasteiger partial charge < -0.3 is 19.1 Å². The Labute approximate surface area is 205 Å². The van der Waals surface area contributed by atoms with Gasteiger partial charge in [-0.1, -0.05) is 6.07 Å². The lowest BCUT2D eigenvalue weighted by Crippen LogP contribution is -2.37. The zero-order chi connectivity index (χ0) is 24.7. The van der Waals surface area contributed by atoms with Gasteiger partial charge in [-0.15, -0.1) is 0 Å². The van der Waals surface area contributed by atoms with Gasteiger partial charge in [-0.3, -0.25) is 9.20 Å². The number of pyridine rings is 1. The molecule has 35 heavy (non-hydrogen) atoms. The Balaban J connectivity index is 1.51. The minimum Gasteiger partial charge on any atom is -0.378 e. The minimum atomic E-state index is -0.136. The van der Waals surface area contributed by atoms with Crippen molar-refractivity contribution in [1.82, 2.24) is 18.9 Å². The van der Waals surface area contributed by atoms with E-state index in [-0.39, 0.29) is 11.4 Å². The van der Waals surface area contributed by atoms with Crippen molar-refractivity contribution in [3.05, 3.63) is 66.6 Å². The fourth-order valence-corrected chi connectivity index (χ4v) is 4.42. The first-order valence-electron chi connectivity index (χ1n) is 11.9. The summed E-state index contributed by atoms with van der Waals surface area (Å²) in [6.45, 7) is 11.5. The maximum atomic E-state index is 13.2. The zero-order valence-electron chi connectivity index (χ0n) is 21.0. The Hall–Kier alpha value is -3.65. The summed E-state index contributed by atoms with van der Waals surface area (Å²) in [4.78, 5) is 26.0. The number of amides is 1. The van der Waals surface area contributed by atoms with Crippen LogP contribution in [0.25, 0.3) is 16.6 Å². The summed E-state index contributed by atoms with van der Waals surface area (Å²) < 4.78 is 9.64. The van der Waals surface area contributed by atoms with E-state index in [0.29, 0.717) is 18.9 Å². The molecule has 8 nitrogen and oxygen atoms in total. The van der Waals surface area contributed by atoms with Crippen LogP contribution in [-0.4, -0.2) is 58.2 Å². The molecule has 0 aliphatic carbocycles. The molecule has 1 aromatic carbocycles. The Kier molecular flexibility index (Phi) is 5.84. The molecule has 1 fully saturated rings. The highest BCUT2D eigenvalue weighted by molar-refractivity contribution is 6.04. The SMILES string of the molecule is Cc1ccc(N(C)C(=O)c2cn(C(C)(C)C)cn2)cc1-c1cc(N2CCOCC2)n2cncc2c1. The van der Waals surface area contributed by atoms with Gasteiger partial charge in [-0.05, 0) is 68.7 Å². The van der Waals surface area contributed by atoms with Crippen molar-refractivity contribution in [1.29, 1.82) is 0 Å². The molecule has 5 rings (SSSR count). The van der Waals surface area contributed by atoms with Crippen molar-refractivity contribution in [2.75, 3.05) is 43.2 Å². The average molecular weight is 473 g/mol. The first-order valence-corrected chi connectivity index (χ1v) is 11.9. The highest BCUT2D eigenvalue weighted by Crippen LogP contribution is 2.33. The van der Waals surface area contributed by atoms with Crippen LogP contribution in [0, 0.1) is 6.92 Å². The van der Waals surface area contributed by atoms with Crippen molar-refractivity contribution in [3.8, 4) is 11.1 Å². The van der Waals surface area contributed by atoms with Crippen molar-refractivity contribution in [2.24, 2.45) is 0 Å². The quantitative estimate of drug-likeness (QED) is 0.441. The second-order valence-corrected chi connectivity index (χ2v) is 10.1. The zero-order valence-corrected chi connectivity index (χ0v) is 21.0. The van der Waals surface area contributed by atoms with Crippen molar-refractivity contribution in [3.63, 3.8) is 0 Å². The summed E-state index contributed by atoms with van der Waals surface area (Å²) in [5.41, 5.74) is 5.47. The predicted octanol–water partition coefficient (Wildman–Crippen LogP) is 4.37. The lowest BCUT2D eigenvalue weighted by atomic mass is 9.99. The van der Waals surface area contributed by atoms with Crippen LogP contribution in [0.3, 0.4) is 0 Å². The van der Waals surface area contributed by atoms with Gasteiger partial charge in [0, 0.05) is 37.6 Å². The van der Waals surface area contributed by atoms with Crippen LogP contribution in [0.2, 0.25) is 0 Å². The van der Waals surface area contributed by atoms with Gasteiger partial charge in [0.05, 0.1) is 31.3 Å². The number of anilines is 2. The van der Waals surface area contributed by atoms with Crippen molar-refractivity contribution in [2.45, 2.75) is 33.2 Å². The van der Waals surface area contributed by atoms with Crippen LogP contribution >= 0.6 is 0 Å². The second kappa shape index (κ2) is 8.85. The number of carbonyl (C=O) groups is 1. The molecule has 3 aromatic heterocycles. The van der Waals surface area contributed by atoms with E-state index in [0.717, 1.165) is 46.8 Å². The maximum absolute atomic E-state index is 13.2. The van der Waals surface area contributed by atoms with E-state index in [4.69, 9.17) is 4.74 Å². The third-order valence-electron chi connectivity index (χ3n) is 6.64. The third-order valence-corrected chi connectivity index (χ3v) is 6.64. The van der Waals surface area contributed by atoms with E-state index in [1.807, 2.05) is 29.4 Å². The molecule has 8 heteroatoms. The lowest BCUT2D eigenvalue weighted by Gasteiger charge is -2.30. The van der Waals surface area contributed by atoms with E-state index < -0.39 is 0 Å². The molecule has 0 atom stereocenters. The van der Waals surface area contributed by atoms with Crippen LogP contribution in [0.5, 0.6) is 0 Å². The molecule has 182 valence electrons. The summed E-state index contributed by atoms with van der Waals surface area (Å²) in [5, 5.41) is 0. The Morgan fingerprint density at radius 3 is 2.57 bits per heavy atom. The van der Waals surface area contributed by atoms with Gasteiger partial charge >= 0.3 is 0 Å². The van der Waals surface area contributed by atoms with Crippen LogP contribution in [0.1, 0.15) is 36.8 Å². The standard InChI is InChI=1S/C27H32N6O2/c1-19-6-7-21(30(5)26(34)24-16-32(18-29-24)27(2,3)4)14-23(19)20-12-22-15-28-17-33(22)25(13-20)31-8-10-35-11-9-31/h6-7,12-18H,8-11H2,1-5H3. The maximum Gasteiger partial charge on any atom is 0.278 e. The number of fused-ring (bicyclic) bond motifs is 1. The highest BCUT2D eigenvalue weighted by atomic mass is 16.5. The Morgan fingerprint density at radius 1 is 1.09 bits per heavy atom. The summed E-state index contributed by atoms with van der Waals surface area (Å²) >= 11 is 0. The smallest absolute Gasteiger partial charge is 0.278 e. The van der Waals surface area contributed by atoms with E-state index in [9.17, 15) is 4.79 Å². The molecule has 0 radical (unpaired) electrons. The van der Waals surface area contributed by atoms with E-state index in [1.165, 1.54) is 0 Å². The second-order valence-electron chi connectivity index (χ2n) is 10.1. The van der Waals surface area contributed by atoms with E-state index in [2.05, 4.69) is 71.2 Å². The number of morpholine rings is 1.